The Kier molecular flexibility index (Phi) is 5.50. The van der Waals surface area contributed by atoms with Gasteiger partial charge in [-0.05, 0) is 42.8 Å². The van der Waals surface area contributed by atoms with Crippen molar-refractivity contribution in [1.82, 2.24) is 24.6 Å². The van der Waals surface area contributed by atoms with E-state index in [1.54, 1.807) is 18.5 Å². The number of ketones is 1. The van der Waals surface area contributed by atoms with Crippen LogP contribution in [-0.4, -0.2) is 36.5 Å². The molecule has 0 N–H and O–H groups in total. The molecule has 4 heterocycles. The Morgan fingerprint density at radius 1 is 1.03 bits per heavy atom. The van der Waals surface area contributed by atoms with E-state index < -0.39 is 24.8 Å². The quantitative estimate of drug-likeness (QED) is 0.451. The number of Topliss-reactive ketones (excluding diaryl/α,β-unsaturated/α-hetero) is 1. The first-order valence-electron chi connectivity index (χ1n) is 9.59. The van der Waals surface area contributed by atoms with Gasteiger partial charge in [0, 0.05) is 42.6 Å². The van der Waals surface area contributed by atoms with Gasteiger partial charge in [0.1, 0.15) is 11.4 Å². The summed E-state index contributed by atoms with van der Waals surface area (Å²) >= 11 is 0. The molecule has 9 heteroatoms. The van der Waals surface area contributed by atoms with Crippen LogP contribution in [0.25, 0.3) is 28.2 Å². The number of pyridine rings is 2. The SMILES string of the molecule is Cc1ccc(-c2ccn3c(-c4cncc(CC(=O)CCC(F)(F)F)c4)cnc3c2)nn1. The first-order chi connectivity index (χ1) is 14.8. The van der Waals surface area contributed by atoms with Gasteiger partial charge in [-0.25, -0.2) is 4.98 Å². The van der Waals surface area contributed by atoms with Crippen molar-refractivity contribution in [3.8, 4) is 22.5 Å². The van der Waals surface area contributed by atoms with Gasteiger partial charge in [-0.2, -0.15) is 23.4 Å². The molecule has 0 amide bonds. The molecule has 4 aromatic heterocycles. The summed E-state index contributed by atoms with van der Waals surface area (Å²) in [6, 6.07) is 9.31. The predicted molar refractivity (Wildman–Crippen MR) is 108 cm³/mol. The molecule has 31 heavy (non-hydrogen) atoms. The van der Waals surface area contributed by atoms with Gasteiger partial charge in [-0.3, -0.25) is 14.2 Å². The number of imidazole rings is 1. The number of fused-ring (bicyclic) bond motifs is 1. The van der Waals surface area contributed by atoms with E-state index in [2.05, 4.69) is 20.2 Å². The zero-order chi connectivity index (χ0) is 22.0. The predicted octanol–water partition coefficient (Wildman–Crippen LogP) is 4.62. The lowest BCUT2D eigenvalue weighted by atomic mass is 10.0. The molecule has 0 atom stereocenters. The van der Waals surface area contributed by atoms with Crippen molar-refractivity contribution in [3.05, 3.63) is 66.4 Å². The number of aryl methyl sites for hydroxylation is 1. The molecule has 0 fully saturated rings. The largest absolute Gasteiger partial charge is 0.389 e. The van der Waals surface area contributed by atoms with Crippen molar-refractivity contribution in [3.63, 3.8) is 0 Å². The van der Waals surface area contributed by atoms with Crippen molar-refractivity contribution in [1.29, 1.82) is 0 Å². The summed E-state index contributed by atoms with van der Waals surface area (Å²) in [7, 11) is 0. The van der Waals surface area contributed by atoms with Gasteiger partial charge in [-0.15, -0.1) is 0 Å². The van der Waals surface area contributed by atoms with E-state index in [1.165, 1.54) is 6.20 Å². The number of nitrogens with zero attached hydrogens (tertiary/aromatic N) is 5. The molecule has 0 aliphatic heterocycles. The Bertz CT molecular complexity index is 1230. The molecule has 158 valence electrons. The van der Waals surface area contributed by atoms with Crippen LogP contribution in [0.15, 0.2) is 55.1 Å². The minimum absolute atomic E-state index is 0.0934. The molecule has 0 aromatic carbocycles. The van der Waals surface area contributed by atoms with Crippen molar-refractivity contribution in [2.45, 2.75) is 32.4 Å². The molecule has 0 saturated heterocycles. The maximum Gasteiger partial charge on any atom is 0.389 e. The molecule has 0 saturated carbocycles. The van der Waals surface area contributed by atoms with Gasteiger partial charge in [0.05, 0.1) is 29.7 Å². The van der Waals surface area contributed by atoms with Gasteiger partial charge >= 0.3 is 6.18 Å². The van der Waals surface area contributed by atoms with Crippen LogP contribution in [0.2, 0.25) is 0 Å². The van der Waals surface area contributed by atoms with Gasteiger partial charge < -0.3 is 0 Å². The third-order valence-corrected chi connectivity index (χ3v) is 4.79. The number of carbonyl (C=O) groups excluding carboxylic acids is 1. The molecule has 4 aromatic rings. The van der Waals surface area contributed by atoms with Crippen molar-refractivity contribution < 1.29 is 18.0 Å². The van der Waals surface area contributed by atoms with E-state index in [9.17, 15) is 18.0 Å². The maximum absolute atomic E-state index is 12.3. The highest BCUT2D eigenvalue weighted by molar-refractivity contribution is 5.81. The van der Waals surface area contributed by atoms with Crippen LogP contribution in [-0.2, 0) is 11.2 Å². The standard InChI is InChI=1S/C22H18F3N5O/c1-14-2-3-19(29-28-14)16-5-7-30-20(13-27-21(30)10-16)17-8-15(11-26-12-17)9-18(31)4-6-22(23,24)25/h2-3,5,7-8,10-13H,4,6,9H2,1H3. The average molecular weight is 425 g/mol. The second-order valence-electron chi connectivity index (χ2n) is 7.26. The van der Waals surface area contributed by atoms with Gasteiger partial charge in [0.2, 0.25) is 0 Å². The molecule has 0 spiro atoms. The Hall–Kier alpha value is -3.62. The van der Waals surface area contributed by atoms with Crippen LogP contribution in [0.3, 0.4) is 0 Å². The van der Waals surface area contributed by atoms with Crippen molar-refractivity contribution in [2.75, 3.05) is 0 Å². The third kappa shape index (κ3) is 4.93. The van der Waals surface area contributed by atoms with Gasteiger partial charge in [0.25, 0.3) is 0 Å². The summed E-state index contributed by atoms with van der Waals surface area (Å²) in [4.78, 5) is 20.5. The monoisotopic (exact) mass is 425 g/mol. The summed E-state index contributed by atoms with van der Waals surface area (Å²) < 4.78 is 38.8. The van der Waals surface area contributed by atoms with Gasteiger partial charge in [-0.1, -0.05) is 0 Å². The Morgan fingerprint density at radius 3 is 2.61 bits per heavy atom. The lowest BCUT2D eigenvalue weighted by molar-refractivity contribution is -0.143. The minimum Gasteiger partial charge on any atom is -0.300 e. The summed E-state index contributed by atoms with van der Waals surface area (Å²) in [5.41, 5.74) is 5.17. The fraction of sp³-hybridized carbons (Fsp3) is 0.227. The van der Waals surface area contributed by atoms with E-state index in [-0.39, 0.29) is 6.42 Å². The molecule has 0 aliphatic rings. The molecular formula is C22H18F3N5O. The minimum atomic E-state index is -4.34. The highest BCUT2D eigenvalue weighted by atomic mass is 19.4. The Balaban J connectivity index is 1.57. The highest BCUT2D eigenvalue weighted by Gasteiger charge is 2.27. The van der Waals surface area contributed by atoms with E-state index in [0.29, 0.717) is 11.2 Å². The van der Waals surface area contributed by atoms with Crippen molar-refractivity contribution in [2.24, 2.45) is 0 Å². The molecular weight excluding hydrogens is 407 g/mol. The Labute approximate surface area is 175 Å². The maximum atomic E-state index is 12.3. The number of hydrogen-bond donors (Lipinski definition) is 0. The van der Waals surface area contributed by atoms with E-state index in [4.69, 9.17) is 0 Å². The smallest absolute Gasteiger partial charge is 0.300 e. The topological polar surface area (TPSA) is 73.0 Å². The highest BCUT2D eigenvalue weighted by Crippen LogP contribution is 2.25. The summed E-state index contributed by atoms with van der Waals surface area (Å²) in [6.45, 7) is 1.87. The number of halogens is 3. The number of carbonyl (C=O) groups is 1. The van der Waals surface area contributed by atoms with Gasteiger partial charge in [0.15, 0.2) is 0 Å². The van der Waals surface area contributed by atoms with E-state index in [1.807, 2.05) is 41.8 Å². The number of alkyl halides is 3. The second-order valence-corrected chi connectivity index (χ2v) is 7.26. The normalized spacial score (nSPS) is 11.7. The molecule has 4 rings (SSSR count). The molecule has 0 bridgehead atoms. The molecule has 0 aliphatic carbocycles. The number of aromatic nitrogens is 5. The fourth-order valence-electron chi connectivity index (χ4n) is 3.23. The number of rotatable bonds is 6. The molecule has 6 nitrogen and oxygen atoms in total. The molecule has 0 unspecified atom stereocenters. The number of hydrogen-bond acceptors (Lipinski definition) is 5. The van der Waals surface area contributed by atoms with Crippen LogP contribution < -0.4 is 0 Å². The average Bonchev–Trinajstić information content (AvgIpc) is 3.16. The fourth-order valence-corrected chi connectivity index (χ4v) is 3.23. The van der Waals surface area contributed by atoms with Crippen LogP contribution in [0.1, 0.15) is 24.1 Å². The summed E-state index contributed by atoms with van der Waals surface area (Å²) in [6.07, 6.45) is 0.591. The van der Waals surface area contributed by atoms with E-state index >= 15 is 0 Å². The Morgan fingerprint density at radius 2 is 1.87 bits per heavy atom. The van der Waals surface area contributed by atoms with Crippen LogP contribution in [0.4, 0.5) is 13.2 Å². The van der Waals surface area contributed by atoms with Crippen LogP contribution in [0, 0.1) is 6.92 Å². The van der Waals surface area contributed by atoms with Crippen molar-refractivity contribution >= 4 is 11.4 Å². The second kappa shape index (κ2) is 8.25. The zero-order valence-electron chi connectivity index (χ0n) is 16.6. The zero-order valence-corrected chi connectivity index (χ0v) is 16.6. The first kappa shape index (κ1) is 20.6. The first-order valence-corrected chi connectivity index (χ1v) is 9.59. The summed E-state index contributed by atoms with van der Waals surface area (Å²) in [5, 5.41) is 8.26. The lowest BCUT2D eigenvalue weighted by Crippen LogP contribution is -2.12. The van der Waals surface area contributed by atoms with E-state index in [0.717, 1.165) is 28.2 Å². The lowest BCUT2D eigenvalue weighted by Gasteiger charge is -2.07. The third-order valence-electron chi connectivity index (χ3n) is 4.79. The van der Waals surface area contributed by atoms with Crippen LogP contribution >= 0.6 is 0 Å². The molecule has 0 radical (unpaired) electrons. The van der Waals surface area contributed by atoms with Crippen LogP contribution in [0.5, 0.6) is 0 Å². The summed E-state index contributed by atoms with van der Waals surface area (Å²) in [5.74, 6) is -0.474.